The number of amides is 1. The van der Waals surface area contributed by atoms with Crippen LogP contribution in [0.1, 0.15) is 49.4 Å². The molecule has 4 aromatic rings. The van der Waals surface area contributed by atoms with Gasteiger partial charge in [-0.15, -0.1) is 0 Å². The van der Waals surface area contributed by atoms with Crippen molar-refractivity contribution in [2.45, 2.75) is 52.7 Å². The molecule has 0 aliphatic heterocycles. The van der Waals surface area contributed by atoms with Gasteiger partial charge in [-0.3, -0.25) is 9.78 Å². The van der Waals surface area contributed by atoms with Gasteiger partial charge in [-0.2, -0.15) is 0 Å². The number of rotatable bonds is 7. The van der Waals surface area contributed by atoms with Gasteiger partial charge in [0.2, 0.25) is 5.91 Å². The molecule has 0 bridgehead atoms. The Morgan fingerprint density at radius 1 is 1.25 bits per heavy atom. The number of aromatic nitrogens is 4. The van der Waals surface area contributed by atoms with E-state index in [9.17, 15) is 4.79 Å². The number of fused-ring (bicyclic) bond motifs is 1. The molecule has 1 saturated carbocycles. The highest BCUT2D eigenvalue weighted by molar-refractivity contribution is 6.31. The Kier molecular flexibility index (Phi) is 7.18. The van der Waals surface area contributed by atoms with Crippen LogP contribution < -0.4 is 10.1 Å². The molecular weight excluding hydrogens is 474 g/mol. The number of nitrogens with one attached hydrogen (secondary N) is 1. The third-order valence-corrected chi connectivity index (χ3v) is 7.24. The summed E-state index contributed by atoms with van der Waals surface area (Å²) < 4.78 is 8.25. The van der Waals surface area contributed by atoms with Crippen LogP contribution in [0.15, 0.2) is 55.4 Å². The van der Waals surface area contributed by atoms with E-state index in [-0.39, 0.29) is 18.4 Å². The molecule has 5 rings (SSSR count). The van der Waals surface area contributed by atoms with Crippen LogP contribution in [-0.2, 0) is 17.9 Å². The first-order chi connectivity index (χ1) is 17.5. The molecule has 2 atom stereocenters. The van der Waals surface area contributed by atoms with Crippen molar-refractivity contribution < 1.29 is 9.53 Å². The fourth-order valence-electron chi connectivity index (χ4n) is 5.03. The molecule has 1 amide bonds. The van der Waals surface area contributed by atoms with Gasteiger partial charge in [0.25, 0.3) is 0 Å². The lowest BCUT2D eigenvalue weighted by atomic mass is 9.82. The molecule has 2 unspecified atom stereocenters. The minimum absolute atomic E-state index is 0.0790. The summed E-state index contributed by atoms with van der Waals surface area (Å²) in [6.45, 7) is 4.79. The molecule has 0 spiro atoms. The summed E-state index contributed by atoms with van der Waals surface area (Å²) in [6, 6.07) is 7.92. The first kappa shape index (κ1) is 24.3. The maximum absolute atomic E-state index is 12.8. The zero-order valence-electron chi connectivity index (χ0n) is 20.6. The largest absolute Gasteiger partial charge is 0.487 e. The Balaban J connectivity index is 1.36. The number of nitrogens with zero attached hydrogens (tertiary/aromatic N) is 4. The van der Waals surface area contributed by atoms with Crippen molar-refractivity contribution in [1.29, 1.82) is 0 Å². The Hall–Kier alpha value is -3.45. The van der Waals surface area contributed by atoms with E-state index in [1.54, 1.807) is 24.9 Å². The van der Waals surface area contributed by atoms with E-state index in [2.05, 4.69) is 22.2 Å². The van der Waals surface area contributed by atoms with Gasteiger partial charge in [-0.1, -0.05) is 43.5 Å². The fraction of sp³-hybridized carbons (Fsp3) is 0.357. The number of pyridine rings is 2. The average molecular weight is 504 g/mol. The molecule has 1 N–H and O–H groups in total. The molecule has 1 aliphatic rings. The topological polar surface area (TPSA) is 81.9 Å². The van der Waals surface area contributed by atoms with Crippen LogP contribution in [0.2, 0.25) is 5.02 Å². The lowest BCUT2D eigenvalue weighted by Gasteiger charge is -2.26. The van der Waals surface area contributed by atoms with Crippen LogP contribution in [0.5, 0.6) is 5.75 Å². The molecule has 0 radical (unpaired) electrons. The van der Waals surface area contributed by atoms with Gasteiger partial charge < -0.3 is 14.6 Å². The van der Waals surface area contributed by atoms with Crippen LogP contribution in [0.4, 0.5) is 0 Å². The number of benzene rings is 1. The average Bonchev–Trinajstić information content (AvgIpc) is 3.41. The van der Waals surface area contributed by atoms with Gasteiger partial charge in [0.1, 0.15) is 17.9 Å². The lowest BCUT2D eigenvalue weighted by molar-refractivity contribution is -0.126. The van der Waals surface area contributed by atoms with Gasteiger partial charge in [0.05, 0.1) is 17.0 Å². The third-order valence-electron chi connectivity index (χ3n) is 6.92. The molecular formula is C28H30ClN5O2. The summed E-state index contributed by atoms with van der Waals surface area (Å²) in [5.41, 5.74) is 4.30. The standard InChI is InChI=1S/C28H30ClN5O2/c1-18-5-3-6-20(11-18)28(35)32-14-21-13-31-15-24(29)23(21)16-36-26-8-4-7-22-25(34-10-9-30-17-34)12-19(2)33-27(22)26/h4,7-10,12-13,15,17-18,20H,3,5-6,11,14,16H2,1-2H3,(H,32,35). The van der Waals surface area contributed by atoms with Gasteiger partial charge in [-0.05, 0) is 43.4 Å². The fourth-order valence-corrected chi connectivity index (χ4v) is 5.26. The second-order valence-corrected chi connectivity index (χ2v) is 10.0. The second kappa shape index (κ2) is 10.7. The van der Waals surface area contributed by atoms with Gasteiger partial charge in [0.15, 0.2) is 0 Å². The number of hydrogen-bond acceptors (Lipinski definition) is 5. The quantitative estimate of drug-likeness (QED) is 0.344. The van der Waals surface area contributed by atoms with Gasteiger partial charge in [0, 0.05) is 53.9 Å². The van der Waals surface area contributed by atoms with E-state index in [4.69, 9.17) is 21.3 Å². The van der Waals surface area contributed by atoms with Crippen molar-refractivity contribution in [1.82, 2.24) is 24.8 Å². The predicted octanol–water partition coefficient (Wildman–Crippen LogP) is 5.80. The number of carbonyl (C=O) groups is 1. The van der Waals surface area contributed by atoms with Crippen molar-refractivity contribution >= 4 is 28.4 Å². The van der Waals surface area contributed by atoms with Gasteiger partial charge in [-0.25, -0.2) is 9.97 Å². The highest BCUT2D eigenvalue weighted by Gasteiger charge is 2.25. The van der Waals surface area contributed by atoms with Crippen LogP contribution >= 0.6 is 11.6 Å². The number of halogens is 1. The Labute approximate surface area is 215 Å². The van der Waals surface area contributed by atoms with Crippen LogP contribution in [0.25, 0.3) is 16.6 Å². The summed E-state index contributed by atoms with van der Waals surface area (Å²) in [7, 11) is 0. The van der Waals surface area contributed by atoms with E-state index in [1.807, 2.05) is 42.0 Å². The summed E-state index contributed by atoms with van der Waals surface area (Å²) in [5.74, 6) is 1.44. The van der Waals surface area contributed by atoms with Crippen LogP contribution in [0, 0.1) is 18.8 Å². The van der Waals surface area contributed by atoms with Crippen molar-refractivity contribution in [3.63, 3.8) is 0 Å². The molecule has 1 aliphatic carbocycles. The van der Waals surface area contributed by atoms with Crippen molar-refractivity contribution in [2.24, 2.45) is 11.8 Å². The third kappa shape index (κ3) is 5.21. The van der Waals surface area contributed by atoms with E-state index >= 15 is 0 Å². The van der Waals surface area contributed by atoms with E-state index in [1.165, 1.54) is 6.42 Å². The number of para-hydroxylation sites is 1. The summed E-state index contributed by atoms with van der Waals surface area (Å²) >= 11 is 6.53. The second-order valence-electron chi connectivity index (χ2n) is 9.64. The summed E-state index contributed by atoms with van der Waals surface area (Å²) in [4.78, 5) is 26.0. The molecule has 186 valence electrons. The number of hydrogen-bond donors (Lipinski definition) is 1. The maximum Gasteiger partial charge on any atom is 0.223 e. The molecule has 36 heavy (non-hydrogen) atoms. The molecule has 7 nitrogen and oxygen atoms in total. The van der Waals surface area contributed by atoms with Crippen LogP contribution in [-0.4, -0.2) is 25.4 Å². The predicted molar refractivity (Wildman–Crippen MR) is 140 cm³/mol. The smallest absolute Gasteiger partial charge is 0.223 e. The molecule has 8 heteroatoms. The summed E-state index contributed by atoms with van der Waals surface area (Å²) in [5, 5.41) is 4.58. The maximum atomic E-state index is 12.8. The molecule has 3 aromatic heterocycles. The lowest BCUT2D eigenvalue weighted by Crippen LogP contribution is -2.33. The van der Waals surface area contributed by atoms with E-state index in [0.29, 0.717) is 23.2 Å². The monoisotopic (exact) mass is 503 g/mol. The van der Waals surface area contributed by atoms with E-state index < -0.39 is 0 Å². The highest BCUT2D eigenvalue weighted by Crippen LogP contribution is 2.31. The SMILES string of the molecule is Cc1cc(-n2ccnc2)c2cccc(OCc3c(Cl)cncc3CNC(=O)C3CCCC(C)C3)c2n1. The summed E-state index contributed by atoms with van der Waals surface area (Å²) in [6.07, 6.45) is 13.0. The molecule has 1 fully saturated rings. The first-order valence-electron chi connectivity index (χ1n) is 12.4. The van der Waals surface area contributed by atoms with Crippen LogP contribution in [0.3, 0.4) is 0 Å². The normalized spacial score (nSPS) is 17.8. The van der Waals surface area contributed by atoms with Crippen molar-refractivity contribution in [2.75, 3.05) is 0 Å². The minimum atomic E-state index is 0.0790. The zero-order chi connectivity index (χ0) is 25.1. The number of carbonyl (C=O) groups excluding carboxylic acids is 1. The Bertz CT molecular complexity index is 1370. The first-order valence-corrected chi connectivity index (χ1v) is 12.8. The number of imidazole rings is 1. The molecule has 1 aromatic carbocycles. The molecule has 3 heterocycles. The minimum Gasteiger partial charge on any atom is -0.487 e. The number of ether oxygens (including phenoxy) is 1. The zero-order valence-corrected chi connectivity index (χ0v) is 21.3. The number of aryl methyl sites for hydroxylation is 1. The van der Waals surface area contributed by atoms with Gasteiger partial charge >= 0.3 is 0 Å². The van der Waals surface area contributed by atoms with Crippen molar-refractivity contribution in [3.8, 4) is 11.4 Å². The Morgan fingerprint density at radius 2 is 2.14 bits per heavy atom. The molecule has 0 saturated heterocycles. The highest BCUT2D eigenvalue weighted by atomic mass is 35.5. The van der Waals surface area contributed by atoms with E-state index in [0.717, 1.165) is 52.7 Å². The van der Waals surface area contributed by atoms with Crippen molar-refractivity contribution in [3.05, 3.63) is 77.2 Å². The Morgan fingerprint density at radius 3 is 2.94 bits per heavy atom.